The summed E-state index contributed by atoms with van der Waals surface area (Å²) < 4.78 is 1.09. The van der Waals surface area contributed by atoms with Gasteiger partial charge < -0.3 is 10.0 Å². The molecule has 21 heavy (non-hydrogen) atoms. The number of aliphatic hydroxyl groups is 1. The summed E-state index contributed by atoms with van der Waals surface area (Å²) in [5.41, 5.74) is 2.23. The molecule has 0 aromatic heterocycles. The first-order chi connectivity index (χ1) is 10.1. The van der Waals surface area contributed by atoms with Gasteiger partial charge in [0.1, 0.15) is 0 Å². The molecule has 1 N–H and O–H groups in total. The third-order valence-corrected chi connectivity index (χ3v) is 5.59. The Hall–Kier alpha value is -0.580. The molecular weight excluding hydrogens is 328 g/mol. The summed E-state index contributed by atoms with van der Waals surface area (Å²) in [7, 11) is 0. The number of halogens is 1. The Balaban J connectivity index is 1.82. The van der Waals surface area contributed by atoms with E-state index in [1.807, 2.05) is 13.0 Å². The molecule has 1 aromatic rings. The lowest BCUT2D eigenvalue weighted by molar-refractivity contribution is 0.115. The zero-order valence-electron chi connectivity index (χ0n) is 12.9. The molecule has 1 aromatic carbocycles. The van der Waals surface area contributed by atoms with Crippen molar-refractivity contribution < 1.29 is 5.11 Å². The fourth-order valence-corrected chi connectivity index (χ4v) is 4.33. The first-order valence-corrected chi connectivity index (χ1v) is 8.84. The predicted octanol–water partition coefficient (Wildman–Crippen LogP) is 3.57. The number of piperidine rings is 1. The average Bonchev–Trinajstić information content (AvgIpc) is 2.46. The Kier molecular flexibility index (Phi) is 4.57. The zero-order valence-corrected chi connectivity index (χ0v) is 14.5. The standard InChI is InChI=1S/C17H25BrN2O/c1-12-10-19-8-4-3-5-15(19)11-20(12)17-7-6-14(13(2)21)9-16(17)18/h6-7,9,12-13,15,21H,3-5,8,10-11H2,1-2H3/t12?,13-,15?/m1/s1. The molecule has 2 heterocycles. The van der Waals surface area contributed by atoms with E-state index in [1.54, 1.807) is 0 Å². The van der Waals surface area contributed by atoms with Crippen LogP contribution in [0.15, 0.2) is 22.7 Å². The Morgan fingerprint density at radius 2 is 2.10 bits per heavy atom. The molecule has 0 bridgehead atoms. The highest BCUT2D eigenvalue weighted by Crippen LogP contribution is 2.34. The largest absolute Gasteiger partial charge is 0.389 e. The second kappa shape index (κ2) is 6.27. The Bertz CT molecular complexity index is 506. The van der Waals surface area contributed by atoms with Crippen molar-refractivity contribution in [3.8, 4) is 0 Å². The molecule has 2 aliphatic heterocycles. The van der Waals surface area contributed by atoms with Gasteiger partial charge in [0.05, 0.1) is 11.8 Å². The van der Waals surface area contributed by atoms with Gasteiger partial charge in [0.15, 0.2) is 0 Å². The van der Waals surface area contributed by atoms with Gasteiger partial charge in [0.2, 0.25) is 0 Å². The molecule has 2 unspecified atom stereocenters. The van der Waals surface area contributed by atoms with E-state index in [0.29, 0.717) is 12.1 Å². The summed E-state index contributed by atoms with van der Waals surface area (Å²) in [6.07, 6.45) is 3.64. The minimum Gasteiger partial charge on any atom is -0.389 e. The van der Waals surface area contributed by atoms with Gasteiger partial charge in [-0.3, -0.25) is 4.90 Å². The molecular formula is C17H25BrN2O. The van der Waals surface area contributed by atoms with Crippen molar-refractivity contribution in [2.45, 2.75) is 51.3 Å². The van der Waals surface area contributed by atoms with E-state index < -0.39 is 6.10 Å². The second-order valence-electron chi connectivity index (χ2n) is 6.53. The number of aliphatic hydroxyl groups excluding tert-OH is 1. The number of benzene rings is 1. The van der Waals surface area contributed by atoms with Crippen LogP contribution in [0.3, 0.4) is 0 Å². The summed E-state index contributed by atoms with van der Waals surface area (Å²) in [6.45, 7) is 7.68. The molecule has 2 saturated heterocycles. The highest BCUT2D eigenvalue weighted by atomic mass is 79.9. The lowest BCUT2D eigenvalue weighted by Crippen LogP contribution is -2.58. The van der Waals surface area contributed by atoms with Crippen molar-refractivity contribution in [2.75, 3.05) is 24.5 Å². The fourth-order valence-electron chi connectivity index (χ4n) is 3.70. The van der Waals surface area contributed by atoms with Gasteiger partial charge in [0.25, 0.3) is 0 Å². The van der Waals surface area contributed by atoms with E-state index in [1.165, 1.54) is 31.5 Å². The second-order valence-corrected chi connectivity index (χ2v) is 7.39. The van der Waals surface area contributed by atoms with Crippen molar-refractivity contribution in [2.24, 2.45) is 0 Å². The Morgan fingerprint density at radius 3 is 2.81 bits per heavy atom. The molecule has 116 valence electrons. The maximum Gasteiger partial charge on any atom is 0.0762 e. The third kappa shape index (κ3) is 3.13. The zero-order chi connectivity index (χ0) is 15.0. The van der Waals surface area contributed by atoms with E-state index in [4.69, 9.17) is 0 Å². The normalized spacial score (nSPS) is 28.3. The summed E-state index contributed by atoms with van der Waals surface area (Å²) in [5, 5.41) is 9.71. The minimum absolute atomic E-state index is 0.414. The molecule has 0 saturated carbocycles. The number of anilines is 1. The molecule has 3 atom stereocenters. The van der Waals surface area contributed by atoms with Crippen LogP contribution in [0.4, 0.5) is 5.69 Å². The van der Waals surface area contributed by atoms with E-state index >= 15 is 0 Å². The van der Waals surface area contributed by atoms with Gasteiger partial charge >= 0.3 is 0 Å². The van der Waals surface area contributed by atoms with Crippen molar-refractivity contribution in [3.05, 3.63) is 28.2 Å². The van der Waals surface area contributed by atoms with Crippen molar-refractivity contribution in [1.82, 2.24) is 4.90 Å². The Morgan fingerprint density at radius 1 is 1.29 bits per heavy atom. The number of fused-ring (bicyclic) bond motifs is 1. The molecule has 0 amide bonds. The van der Waals surface area contributed by atoms with Crippen LogP contribution in [0.2, 0.25) is 0 Å². The van der Waals surface area contributed by atoms with Crippen molar-refractivity contribution in [3.63, 3.8) is 0 Å². The van der Waals surface area contributed by atoms with Gasteiger partial charge in [-0.15, -0.1) is 0 Å². The third-order valence-electron chi connectivity index (χ3n) is 4.95. The molecule has 0 spiro atoms. The van der Waals surface area contributed by atoms with Gasteiger partial charge in [-0.05, 0) is 66.9 Å². The molecule has 2 fully saturated rings. The smallest absolute Gasteiger partial charge is 0.0762 e. The number of rotatable bonds is 2. The number of nitrogens with zero attached hydrogens (tertiary/aromatic N) is 2. The SMILES string of the molecule is CC1CN2CCCCC2CN1c1ccc([C@@H](C)O)cc1Br. The Labute approximate surface area is 136 Å². The van der Waals surface area contributed by atoms with Gasteiger partial charge in [-0.2, -0.15) is 0 Å². The van der Waals surface area contributed by atoms with E-state index in [0.717, 1.165) is 23.1 Å². The summed E-state index contributed by atoms with van der Waals surface area (Å²) >= 11 is 3.70. The summed E-state index contributed by atoms with van der Waals surface area (Å²) in [5.74, 6) is 0. The van der Waals surface area contributed by atoms with Gasteiger partial charge in [0, 0.05) is 29.6 Å². The molecule has 3 rings (SSSR count). The average molecular weight is 353 g/mol. The van der Waals surface area contributed by atoms with E-state index in [-0.39, 0.29) is 0 Å². The first-order valence-electron chi connectivity index (χ1n) is 8.04. The van der Waals surface area contributed by atoms with Crippen LogP contribution in [0.25, 0.3) is 0 Å². The van der Waals surface area contributed by atoms with Gasteiger partial charge in [-0.1, -0.05) is 12.5 Å². The topological polar surface area (TPSA) is 26.7 Å². The highest BCUT2D eigenvalue weighted by molar-refractivity contribution is 9.10. The van der Waals surface area contributed by atoms with Crippen LogP contribution in [-0.2, 0) is 0 Å². The summed E-state index contributed by atoms with van der Waals surface area (Å²) in [6, 6.07) is 7.50. The quantitative estimate of drug-likeness (QED) is 0.881. The van der Waals surface area contributed by atoms with E-state index in [2.05, 4.69) is 44.8 Å². The molecule has 2 aliphatic rings. The fraction of sp³-hybridized carbons (Fsp3) is 0.647. The minimum atomic E-state index is -0.414. The van der Waals surface area contributed by atoms with Crippen LogP contribution in [0.1, 0.15) is 44.8 Å². The monoisotopic (exact) mass is 352 g/mol. The van der Waals surface area contributed by atoms with Crippen molar-refractivity contribution in [1.29, 1.82) is 0 Å². The molecule has 0 aliphatic carbocycles. The van der Waals surface area contributed by atoms with Crippen molar-refractivity contribution >= 4 is 21.6 Å². The first kappa shape index (κ1) is 15.3. The molecule has 3 nitrogen and oxygen atoms in total. The maximum atomic E-state index is 9.71. The molecule has 0 radical (unpaired) electrons. The predicted molar refractivity (Wildman–Crippen MR) is 90.8 cm³/mol. The van der Waals surface area contributed by atoms with E-state index in [9.17, 15) is 5.11 Å². The van der Waals surface area contributed by atoms with Crippen LogP contribution < -0.4 is 4.90 Å². The number of hydrogen-bond donors (Lipinski definition) is 1. The van der Waals surface area contributed by atoms with Crippen LogP contribution in [0, 0.1) is 0 Å². The maximum absolute atomic E-state index is 9.71. The number of piperazine rings is 1. The summed E-state index contributed by atoms with van der Waals surface area (Å²) in [4.78, 5) is 5.20. The van der Waals surface area contributed by atoms with Crippen LogP contribution >= 0.6 is 15.9 Å². The van der Waals surface area contributed by atoms with Gasteiger partial charge in [-0.25, -0.2) is 0 Å². The lowest BCUT2D eigenvalue weighted by atomic mass is 9.96. The van der Waals surface area contributed by atoms with Crippen LogP contribution in [-0.4, -0.2) is 41.7 Å². The van der Waals surface area contributed by atoms with Crippen LogP contribution in [0.5, 0.6) is 0 Å². The number of hydrogen-bond acceptors (Lipinski definition) is 3. The highest BCUT2D eigenvalue weighted by Gasteiger charge is 2.33. The molecule has 4 heteroatoms. The lowest BCUT2D eigenvalue weighted by Gasteiger charge is -2.48.